The summed E-state index contributed by atoms with van der Waals surface area (Å²) >= 11 is 0. The van der Waals surface area contributed by atoms with Gasteiger partial charge >= 0.3 is 0 Å². The Labute approximate surface area is 90.0 Å². The molecule has 0 aliphatic rings. The SMILES string of the molecule is C=CCOOS(=O)(=O)CCCO.[Li]. The fraction of sp³-hybridized carbons (Fsp3) is 0.667. The Balaban J connectivity index is 0. The summed E-state index contributed by atoms with van der Waals surface area (Å²) in [7, 11) is -3.65. The fourth-order valence-electron chi connectivity index (χ4n) is 0.425. The van der Waals surface area contributed by atoms with Crippen LogP contribution in [0.5, 0.6) is 0 Å². The predicted molar refractivity (Wildman–Crippen MR) is 48.5 cm³/mol. The minimum Gasteiger partial charge on any atom is -0.396 e. The molecule has 0 amide bonds. The summed E-state index contributed by atoms with van der Waals surface area (Å²) in [6.45, 7) is 3.12. The van der Waals surface area contributed by atoms with Gasteiger partial charge in [-0.1, -0.05) is 6.08 Å². The van der Waals surface area contributed by atoms with Crippen molar-refractivity contribution in [3.63, 3.8) is 0 Å². The fourth-order valence-corrected chi connectivity index (χ4v) is 1.18. The first-order valence-electron chi connectivity index (χ1n) is 3.38. The molecular formula is C6H12LiO5S. The van der Waals surface area contributed by atoms with Crippen LogP contribution in [0.2, 0.25) is 0 Å². The van der Waals surface area contributed by atoms with Gasteiger partial charge in [0.15, 0.2) is 0 Å². The van der Waals surface area contributed by atoms with Gasteiger partial charge in [-0.3, -0.25) is 0 Å². The van der Waals surface area contributed by atoms with Crippen LogP contribution in [0, 0.1) is 0 Å². The van der Waals surface area contributed by atoms with E-state index < -0.39 is 10.1 Å². The molecule has 0 aliphatic heterocycles. The number of aliphatic hydroxyl groups excluding tert-OH is 1. The van der Waals surface area contributed by atoms with E-state index in [2.05, 4.69) is 15.8 Å². The van der Waals surface area contributed by atoms with Gasteiger partial charge in [-0.2, -0.15) is 8.42 Å². The van der Waals surface area contributed by atoms with Crippen molar-refractivity contribution >= 4 is 29.0 Å². The van der Waals surface area contributed by atoms with Gasteiger partial charge < -0.3 is 5.11 Å². The van der Waals surface area contributed by atoms with Gasteiger partial charge in [-0.05, 0) is 6.42 Å². The van der Waals surface area contributed by atoms with Crippen LogP contribution in [0.4, 0.5) is 0 Å². The Kier molecular flexibility index (Phi) is 10.5. The van der Waals surface area contributed by atoms with Crippen molar-refractivity contribution in [3.8, 4) is 0 Å². The summed E-state index contributed by atoms with van der Waals surface area (Å²) in [5, 5.41) is 8.32. The standard InChI is InChI=1S/C6H12O5S.Li/c1-2-5-10-11-12(8,9)6-3-4-7;/h2,7H,1,3-6H2;. The van der Waals surface area contributed by atoms with E-state index in [9.17, 15) is 8.42 Å². The number of hydrogen-bond acceptors (Lipinski definition) is 5. The summed E-state index contributed by atoms with van der Waals surface area (Å²) < 4.78 is 25.6. The zero-order valence-corrected chi connectivity index (χ0v) is 8.42. The minimum atomic E-state index is -3.65. The molecule has 0 atom stereocenters. The summed E-state index contributed by atoms with van der Waals surface area (Å²) in [5.74, 6) is -0.249. The van der Waals surface area contributed by atoms with Gasteiger partial charge in [-0.25, -0.2) is 4.89 Å². The number of aliphatic hydroxyl groups is 1. The van der Waals surface area contributed by atoms with Crippen LogP contribution < -0.4 is 0 Å². The number of hydrogen-bond donors (Lipinski definition) is 1. The summed E-state index contributed by atoms with van der Waals surface area (Å²) in [4.78, 5) is 4.26. The van der Waals surface area contributed by atoms with Gasteiger partial charge in [0.2, 0.25) is 0 Å². The number of rotatable bonds is 7. The largest absolute Gasteiger partial charge is 0.396 e. The zero-order chi connectivity index (χ0) is 9.45. The van der Waals surface area contributed by atoms with Gasteiger partial charge in [0, 0.05) is 25.5 Å². The third-order valence-electron chi connectivity index (χ3n) is 0.890. The first-order valence-corrected chi connectivity index (χ1v) is 4.95. The first kappa shape index (κ1) is 15.6. The van der Waals surface area contributed by atoms with Crippen LogP contribution in [-0.4, -0.2) is 51.4 Å². The minimum absolute atomic E-state index is 0. The van der Waals surface area contributed by atoms with Crippen LogP contribution >= 0.6 is 0 Å². The van der Waals surface area contributed by atoms with E-state index in [1.807, 2.05) is 0 Å². The van der Waals surface area contributed by atoms with E-state index in [0.29, 0.717) is 0 Å². The third-order valence-corrected chi connectivity index (χ3v) is 1.98. The van der Waals surface area contributed by atoms with E-state index >= 15 is 0 Å². The molecule has 0 rings (SSSR count). The van der Waals surface area contributed by atoms with Crippen molar-refractivity contribution in [1.82, 2.24) is 0 Å². The molecule has 1 radical (unpaired) electrons. The van der Waals surface area contributed by atoms with E-state index in [4.69, 9.17) is 5.11 Å². The molecule has 0 aromatic heterocycles. The molecule has 73 valence electrons. The molecule has 0 spiro atoms. The molecule has 13 heavy (non-hydrogen) atoms. The second-order valence-electron chi connectivity index (χ2n) is 1.98. The van der Waals surface area contributed by atoms with E-state index in [1.54, 1.807) is 0 Å². The second kappa shape index (κ2) is 8.75. The maximum absolute atomic E-state index is 10.8. The maximum Gasteiger partial charge on any atom is 0.293 e. The molecule has 0 heterocycles. The maximum atomic E-state index is 10.8. The third kappa shape index (κ3) is 10.1. The van der Waals surface area contributed by atoms with Gasteiger partial charge in [0.05, 0.1) is 5.75 Å². The Bertz CT molecular complexity index is 213. The van der Waals surface area contributed by atoms with Crippen molar-refractivity contribution in [2.45, 2.75) is 6.42 Å². The average Bonchev–Trinajstić information content (AvgIpc) is 2.01. The van der Waals surface area contributed by atoms with Gasteiger partial charge in [0.25, 0.3) is 10.1 Å². The monoisotopic (exact) mass is 203 g/mol. The van der Waals surface area contributed by atoms with Crippen molar-refractivity contribution in [2.24, 2.45) is 0 Å². The molecule has 0 aromatic carbocycles. The van der Waals surface area contributed by atoms with E-state index in [1.165, 1.54) is 6.08 Å². The quantitative estimate of drug-likeness (QED) is 0.198. The predicted octanol–water partition coefficient (Wildman–Crippen LogP) is -0.548. The zero-order valence-electron chi connectivity index (χ0n) is 7.60. The smallest absolute Gasteiger partial charge is 0.293 e. The topological polar surface area (TPSA) is 72.8 Å². The molecule has 0 saturated carbocycles. The Morgan fingerprint density at radius 3 is 2.54 bits per heavy atom. The molecule has 7 heteroatoms. The summed E-state index contributed by atoms with van der Waals surface area (Å²) in [6, 6.07) is 0. The van der Waals surface area contributed by atoms with E-state index in [0.717, 1.165) is 0 Å². The van der Waals surface area contributed by atoms with Crippen LogP contribution in [0.1, 0.15) is 6.42 Å². The Morgan fingerprint density at radius 2 is 2.08 bits per heavy atom. The van der Waals surface area contributed by atoms with Crippen LogP contribution in [0.3, 0.4) is 0 Å². The average molecular weight is 203 g/mol. The Morgan fingerprint density at radius 1 is 1.46 bits per heavy atom. The molecule has 5 nitrogen and oxygen atoms in total. The normalized spacial score (nSPS) is 10.5. The molecule has 0 bridgehead atoms. The molecule has 0 aliphatic carbocycles. The van der Waals surface area contributed by atoms with Crippen molar-refractivity contribution in [1.29, 1.82) is 0 Å². The second-order valence-corrected chi connectivity index (χ2v) is 3.64. The summed E-state index contributed by atoms with van der Waals surface area (Å²) in [6.07, 6.45) is 1.50. The molecule has 0 aromatic rings. The molecule has 1 N–H and O–H groups in total. The molecule has 0 saturated heterocycles. The van der Waals surface area contributed by atoms with Crippen molar-refractivity contribution < 1.29 is 22.7 Å². The van der Waals surface area contributed by atoms with Gasteiger partial charge in [-0.15, -0.1) is 10.9 Å². The summed E-state index contributed by atoms with van der Waals surface area (Å²) in [5.41, 5.74) is 0. The first-order chi connectivity index (χ1) is 5.62. The van der Waals surface area contributed by atoms with Gasteiger partial charge in [0.1, 0.15) is 6.61 Å². The Hall–Kier alpha value is 0.167. The van der Waals surface area contributed by atoms with Crippen LogP contribution in [0.25, 0.3) is 0 Å². The van der Waals surface area contributed by atoms with Crippen LogP contribution in [0.15, 0.2) is 12.7 Å². The van der Waals surface area contributed by atoms with Crippen molar-refractivity contribution in [2.75, 3.05) is 19.0 Å². The van der Waals surface area contributed by atoms with E-state index in [-0.39, 0.29) is 44.2 Å². The van der Waals surface area contributed by atoms with Crippen LogP contribution in [-0.2, 0) is 19.3 Å². The molecule has 0 unspecified atom stereocenters. The molecular weight excluding hydrogens is 191 g/mol. The van der Waals surface area contributed by atoms with Crippen molar-refractivity contribution in [3.05, 3.63) is 12.7 Å². The molecule has 0 fully saturated rings.